The van der Waals surface area contributed by atoms with Crippen molar-refractivity contribution in [1.82, 2.24) is 15.3 Å². The number of hydrogen-bond acceptors (Lipinski definition) is 7. The maximum Gasteiger partial charge on any atom is 0.322 e. The van der Waals surface area contributed by atoms with Gasteiger partial charge < -0.3 is 25.2 Å². The van der Waals surface area contributed by atoms with Gasteiger partial charge in [-0.3, -0.25) is 9.59 Å². The number of amides is 1. The Morgan fingerprint density at radius 1 is 0.957 bits per heavy atom. The zero-order chi connectivity index (χ0) is 32.7. The van der Waals surface area contributed by atoms with Gasteiger partial charge in [-0.2, -0.15) is 8.78 Å². The summed E-state index contributed by atoms with van der Waals surface area (Å²) in [5.74, 6) is -4.03. The van der Waals surface area contributed by atoms with Crippen LogP contribution in [0.4, 0.5) is 14.5 Å². The zero-order valence-corrected chi connectivity index (χ0v) is 25.5. The minimum atomic E-state index is -3.27. The first-order valence-electron chi connectivity index (χ1n) is 15.1. The summed E-state index contributed by atoms with van der Waals surface area (Å²) in [5.41, 5.74) is 4.00. The molecule has 1 saturated heterocycles. The lowest BCUT2D eigenvalue weighted by Gasteiger charge is -2.33. The predicted molar refractivity (Wildman–Crippen MR) is 169 cm³/mol. The van der Waals surface area contributed by atoms with E-state index in [1.165, 1.54) is 12.1 Å². The molecule has 0 aliphatic carbocycles. The van der Waals surface area contributed by atoms with Crippen molar-refractivity contribution in [2.24, 2.45) is 5.92 Å². The van der Waals surface area contributed by atoms with Gasteiger partial charge >= 0.3 is 5.97 Å². The number of anilines is 1. The fraction of sp³-hybridized carbons (Fsp3) is 0.314. The second-order valence-corrected chi connectivity index (χ2v) is 11.4. The largest absolute Gasteiger partial charge is 0.485 e. The first-order valence-corrected chi connectivity index (χ1v) is 15.1. The third-order valence-electron chi connectivity index (χ3n) is 8.08. The number of aliphatic hydroxyl groups excluding tert-OH is 1. The molecule has 4 aromatic rings. The van der Waals surface area contributed by atoms with Crippen LogP contribution in [0.25, 0.3) is 11.1 Å². The molecule has 3 aromatic carbocycles. The highest BCUT2D eigenvalue weighted by Gasteiger charge is 2.30. The van der Waals surface area contributed by atoms with Crippen LogP contribution in [-0.4, -0.2) is 58.3 Å². The number of aromatic nitrogens is 2. The van der Waals surface area contributed by atoms with Gasteiger partial charge in [0.15, 0.2) is 11.4 Å². The molecule has 9 nitrogen and oxygen atoms in total. The maximum atomic E-state index is 13.7. The van der Waals surface area contributed by atoms with Crippen LogP contribution in [0.3, 0.4) is 0 Å². The molecule has 1 aliphatic heterocycles. The van der Waals surface area contributed by atoms with Crippen LogP contribution in [0.5, 0.6) is 5.75 Å². The van der Waals surface area contributed by atoms with Crippen molar-refractivity contribution in [2.45, 2.75) is 38.7 Å². The average molecular weight is 631 g/mol. The molecule has 1 fully saturated rings. The van der Waals surface area contributed by atoms with Crippen LogP contribution < -0.4 is 15.0 Å². The molecular formula is C35H36F2N4O5. The topological polar surface area (TPSA) is 125 Å². The molecule has 240 valence electrons. The van der Waals surface area contributed by atoms with Crippen LogP contribution in [0.1, 0.15) is 46.0 Å². The van der Waals surface area contributed by atoms with Crippen LogP contribution in [0.2, 0.25) is 0 Å². The number of aliphatic hydroxyl groups is 1. The molecule has 2 heterocycles. The number of rotatable bonds is 12. The number of aliphatic carboxylic acids is 1. The Morgan fingerprint density at radius 2 is 1.59 bits per heavy atom. The number of hydrogen-bond donors (Lipinski definition) is 3. The van der Waals surface area contributed by atoms with Gasteiger partial charge in [-0.05, 0) is 54.5 Å². The number of alkyl halides is 2. The normalized spacial score (nSPS) is 13.8. The standard InChI is InChI=1S/C35H36F2N4O5/c1-23-33(46-21-25-5-3-2-4-6-25)32(34(45)38-20-31(43)44)40-30(39-23)19-24-15-17-41(18-16-24)29-13-9-27(10-14-29)26-7-11-28(12-8-26)35(36,37)22-42/h2-14,24,42H,15-22H2,1H3,(H,38,45)(H,43,44). The number of carbonyl (C=O) groups excluding carboxylic acids is 1. The van der Waals surface area contributed by atoms with E-state index >= 15 is 0 Å². The number of ether oxygens (including phenoxy) is 1. The molecule has 0 radical (unpaired) electrons. The number of carbonyl (C=O) groups is 2. The van der Waals surface area contributed by atoms with Gasteiger partial charge in [0.25, 0.3) is 11.8 Å². The highest BCUT2D eigenvalue weighted by atomic mass is 19.3. The third kappa shape index (κ3) is 8.02. The van der Waals surface area contributed by atoms with E-state index in [0.29, 0.717) is 17.9 Å². The molecule has 0 bridgehead atoms. The van der Waals surface area contributed by atoms with Crippen LogP contribution >= 0.6 is 0 Å². The number of benzene rings is 3. The Labute approximate surface area is 265 Å². The van der Waals surface area contributed by atoms with Gasteiger partial charge in [0.05, 0.1) is 5.69 Å². The summed E-state index contributed by atoms with van der Waals surface area (Å²) in [6.07, 6.45) is 2.34. The predicted octanol–water partition coefficient (Wildman–Crippen LogP) is 5.39. The maximum absolute atomic E-state index is 13.7. The minimum Gasteiger partial charge on any atom is -0.485 e. The fourth-order valence-electron chi connectivity index (χ4n) is 5.52. The van der Waals surface area contributed by atoms with Crippen molar-refractivity contribution < 1.29 is 33.3 Å². The first kappa shape index (κ1) is 32.5. The number of carboxylic acid groups (broad SMARTS) is 1. The van der Waals surface area contributed by atoms with Crippen LogP contribution in [0.15, 0.2) is 78.9 Å². The smallest absolute Gasteiger partial charge is 0.322 e. The molecule has 1 amide bonds. The lowest BCUT2D eigenvalue weighted by Crippen LogP contribution is -2.34. The van der Waals surface area contributed by atoms with Gasteiger partial charge in [0, 0.05) is 30.8 Å². The highest BCUT2D eigenvalue weighted by molar-refractivity contribution is 5.96. The van der Waals surface area contributed by atoms with E-state index in [-0.39, 0.29) is 29.5 Å². The molecule has 46 heavy (non-hydrogen) atoms. The first-order chi connectivity index (χ1) is 22.1. The van der Waals surface area contributed by atoms with Crippen molar-refractivity contribution in [1.29, 1.82) is 0 Å². The van der Waals surface area contributed by atoms with E-state index in [1.54, 1.807) is 19.1 Å². The van der Waals surface area contributed by atoms with Crippen LogP contribution in [0, 0.1) is 12.8 Å². The van der Waals surface area contributed by atoms with E-state index in [0.717, 1.165) is 48.3 Å². The third-order valence-corrected chi connectivity index (χ3v) is 8.08. The molecule has 0 saturated carbocycles. The molecule has 0 unspecified atom stereocenters. The number of nitrogens with zero attached hydrogens (tertiary/aromatic N) is 3. The molecule has 5 rings (SSSR count). The van der Waals surface area contributed by atoms with Crippen molar-refractivity contribution in [3.63, 3.8) is 0 Å². The molecule has 0 spiro atoms. The summed E-state index contributed by atoms with van der Waals surface area (Å²) in [5, 5.41) is 20.4. The van der Waals surface area contributed by atoms with Crippen molar-refractivity contribution in [2.75, 3.05) is 31.1 Å². The van der Waals surface area contributed by atoms with Crippen molar-refractivity contribution >= 4 is 17.6 Å². The van der Waals surface area contributed by atoms with E-state index in [4.69, 9.17) is 14.9 Å². The molecule has 0 atom stereocenters. The summed E-state index contributed by atoms with van der Waals surface area (Å²) in [6.45, 7) is 1.83. The lowest BCUT2D eigenvalue weighted by molar-refractivity contribution is -0.135. The van der Waals surface area contributed by atoms with Gasteiger partial charge in [-0.1, -0.05) is 66.7 Å². The summed E-state index contributed by atoms with van der Waals surface area (Å²) < 4.78 is 33.5. The summed E-state index contributed by atoms with van der Waals surface area (Å²) in [4.78, 5) is 35.5. The number of nitrogens with one attached hydrogen (secondary N) is 1. The lowest BCUT2D eigenvalue weighted by atomic mass is 9.92. The Hall–Kier alpha value is -4.90. The second kappa shape index (κ2) is 14.5. The quantitative estimate of drug-likeness (QED) is 0.190. The van der Waals surface area contributed by atoms with Crippen molar-refractivity contribution in [3.05, 3.63) is 107 Å². The molecular weight excluding hydrogens is 594 g/mol. The van der Waals surface area contributed by atoms with Gasteiger partial charge in [0.2, 0.25) is 0 Å². The average Bonchev–Trinajstić information content (AvgIpc) is 3.07. The second-order valence-electron chi connectivity index (χ2n) is 11.4. The summed E-state index contributed by atoms with van der Waals surface area (Å²) in [7, 11) is 0. The Morgan fingerprint density at radius 3 is 2.20 bits per heavy atom. The summed E-state index contributed by atoms with van der Waals surface area (Å²) >= 11 is 0. The monoisotopic (exact) mass is 630 g/mol. The minimum absolute atomic E-state index is 0.0222. The SMILES string of the molecule is Cc1nc(CC2CCN(c3ccc(-c4ccc(C(F)(F)CO)cc4)cc3)CC2)nc(C(=O)NCC(=O)O)c1OCc1ccccc1. The molecule has 1 aromatic heterocycles. The highest BCUT2D eigenvalue weighted by Crippen LogP contribution is 2.32. The molecule has 11 heteroatoms. The summed E-state index contributed by atoms with van der Waals surface area (Å²) in [6, 6.07) is 23.4. The number of halogens is 2. The Balaban J connectivity index is 1.22. The number of piperidine rings is 1. The molecule has 1 aliphatic rings. The Kier molecular flexibility index (Phi) is 10.2. The zero-order valence-electron chi connectivity index (χ0n) is 25.5. The van der Waals surface area contributed by atoms with Gasteiger partial charge in [-0.25, -0.2) is 9.97 Å². The molecule has 3 N–H and O–H groups in total. The number of carboxylic acids is 1. The van der Waals surface area contributed by atoms with Crippen molar-refractivity contribution in [3.8, 4) is 16.9 Å². The number of aryl methyl sites for hydroxylation is 1. The van der Waals surface area contributed by atoms with E-state index < -0.39 is 31.0 Å². The van der Waals surface area contributed by atoms with E-state index in [1.807, 2.05) is 54.6 Å². The fourth-order valence-corrected chi connectivity index (χ4v) is 5.52. The van der Waals surface area contributed by atoms with E-state index in [9.17, 15) is 18.4 Å². The van der Waals surface area contributed by atoms with Gasteiger partial charge in [-0.15, -0.1) is 0 Å². The van der Waals surface area contributed by atoms with Crippen LogP contribution in [-0.2, 0) is 23.7 Å². The van der Waals surface area contributed by atoms with E-state index in [2.05, 4.69) is 20.2 Å². The van der Waals surface area contributed by atoms with Gasteiger partial charge in [0.1, 0.15) is 25.6 Å². The Bertz CT molecular complexity index is 1640.